The summed E-state index contributed by atoms with van der Waals surface area (Å²) in [6, 6.07) is 7.59. The number of rotatable bonds is 4. The van der Waals surface area contributed by atoms with Gasteiger partial charge in [-0.3, -0.25) is 9.78 Å². The molecule has 0 bridgehead atoms. The molecule has 0 atom stereocenters. The number of anilines is 2. The van der Waals surface area contributed by atoms with Gasteiger partial charge in [0.1, 0.15) is 5.82 Å². The highest BCUT2D eigenvalue weighted by atomic mass is 16.2. The summed E-state index contributed by atoms with van der Waals surface area (Å²) >= 11 is 0. The van der Waals surface area contributed by atoms with Crippen molar-refractivity contribution in [1.29, 1.82) is 0 Å². The van der Waals surface area contributed by atoms with Crippen LogP contribution in [0.15, 0.2) is 42.9 Å². The average molecular weight is 284 g/mol. The van der Waals surface area contributed by atoms with Gasteiger partial charge in [0.15, 0.2) is 0 Å². The lowest BCUT2D eigenvalue weighted by Gasteiger charge is -2.17. The normalized spacial score (nSPS) is 11.0. The third-order valence-electron chi connectivity index (χ3n) is 2.91. The van der Waals surface area contributed by atoms with Gasteiger partial charge in [-0.2, -0.15) is 0 Å². The van der Waals surface area contributed by atoms with Crippen LogP contribution in [0, 0.1) is 5.41 Å². The Labute approximate surface area is 124 Å². The van der Waals surface area contributed by atoms with Crippen molar-refractivity contribution in [3.8, 4) is 0 Å². The van der Waals surface area contributed by atoms with Gasteiger partial charge in [-0.1, -0.05) is 26.8 Å². The van der Waals surface area contributed by atoms with Gasteiger partial charge in [0.05, 0.1) is 11.9 Å². The lowest BCUT2D eigenvalue weighted by molar-refractivity contribution is -0.123. The Morgan fingerprint density at radius 1 is 1.19 bits per heavy atom. The number of amides is 1. The molecule has 0 aliphatic rings. The van der Waals surface area contributed by atoms with Gasteiger partial charge in [-0.15, -0.1) is 0 Å². The summed E-state index contributed by atoms with van der Waals surface area (Å²) in [5, 5.41) is 6.05. The van der Waals surface area contributed by atoms with E-state index in [2.05, 4.69) is 20.6 Å². The number of nitrogens with one attached hydrogen (secondary N) is 2. The highest BCUT2D eigenvalue weighted by Crippen LogP contribution is 2.17. The summed E-state index contributed by atoms with van der Waals surface area (Å²) in [5.41, 5.74) is 1.56. The topological polar surface area (TPSA) is 66.9 Å². The molecule has 0 fully saturated rings. The van der Waals surface area contributed by atoms with Crippen LogP contribution in [0.2, 0.25) is 0 Å². The van der Waals surface area contributed by atoms with E-state index in [1.165, 1.54) is 0 Å². The van der Waals surface area contributed by atoms with Crippen molar-refractivity contribution in [1.82, 2.24) is 9.97 Å². The van der Waals surface area contributed by atoms with Gasteiger partial charge in [-0.25, -0.2) is 4.98 Å². The molecule has 0 saturated carbocycles. The summed E-state index contributed by atoms with van der Waals surface area (Å²) in [7, 11) is 0. The molecular formula is C16H20N4O. The van der Waals surface area contributed by atoms with E-state index >= 15 is 0 Å². The average Bonchev–Trinajstić information content (AvgIpc) is 2.46. The maximum absolute atomic E-state index is 11.9. The highest BCUT2D eigenvalue weighted by Gasteiger charge is 2.21. The predicted octanol–water partition coefficient (Wildman–Crippen LogP) is 3.07. The Balaban J connectivity index is 1.92. The zero-order valence-electron chi connectivity index (χ0n) is 12.6. The second-order valence-electron chi connectivity index (χ2n) is 5.85. The van der Waals surface area contributed by atoms with Gasteiger partial charge >= 0.3 is 0 Å². The van der Waals surface area contributed by atoms with Crippen LogP contribution in [0.25, 0.3) is 0 Å². The SMILES string of the molecule is CC(C)(C)C(=O)Nc1ccc(NCc2cccnc2)cn1. The molecule has 2 aromatic heterocycles. The Kier molecular flexibility index (Phi) is 4.52. The summed E-state index contributed by atoms with van der Waals surface area (Å²) in [5.74, 6) is 0.507. The zero-order chi connectivity index (χ0) is 15.3. The molecule has 0 saturated heterocycles. The van der Waals surface area contributed by atoms with E-state index in [-0.39, 0.29) is 5.91 Å². The molecule has 5 heteroatoms. The van der Waals surface area contributed by atoms with Crippen molar-refractivity contribution in [3.63, 3.8) is 0 Å². The number of carbonyl (C=O) groups excluding carboxylic acids is 1. The van der Waals surface area contributed by atoms with E-state index in [0.717, 1.165) is 11.3 Å². The van der Waals surface area contributed by atoms with Crippen LogP contribution in [0.4, 0.5) is 11.5 Å². The molecule has 0 unspecified atom stereocenters. The Bertz CT molecular complexity index is 588. The number of aromatic nitrogens is 2. The first kappa shape index (κ1) is 15.0. The molecule has 1 amide bonds. The molecule has 0 aromatic carbocycles. The molecule has 21 heavy (non-hydrogen) atoms. The first-order chi connectivity index (χ1) is 9.95. The van der Waals surface area contributed by atoms with E-state index in [1.807, 2.05) is 45.2 Å². The van der Waals surface area contributed by atoms with Crippen LogP contribution in [-0.2, 0) is 11.3 Å². The summed E-state index contributed by atoms with van der Waals surface area (Å²) in [6.45, 7) is 6.29. The Hall–Kier alpha value is -2.43. The van der Waals surface area contributed by atoms with Crippen molar-refractivity contribution < 1.29 is 4.79 Å². The monoisotopic (exact) mass is 284 g/mol. The molecule has 110 valence electrons. The molecule has 2 aromatic rings. The van der Waals surface area contributed by atoms with Crippen LogP contribution in [-0.4, -0.2) is 15.9 Å². The Morgan fingerprint density at radius 3 is 2.57 bits per heavy atom. The number of hydrogen-bond acceptors (Lipinski definition) is 4. The standard InChI is InChI=1S/C16H20N4O/c1-16(2,3)15(21)20-14-7-6-13(11-19-14)18-10-12-5-4-8-17-9-12/h4-9,11,18H,10H2,1-3H3,(H,19,20,21). The van der Waals surface area contributed by atoms with Gasteiger partial charge < -0.3 is 10.6 Å². The maximum atomic E-state index is 11.9. The van der Waals surface area contributed by atoms with Crippen LogP contribution in [0.3, 0.4) is 0 Å². The Morgan fingerprint density at radius 2 is 2.00 bits per heavy atom. The molecule has 0 spiro atoms. The molecule has 5 nitrogen and oxygen atoms in total. The summed E-state index contributed by atoms with van der Waals surface area (Å²) in [4.78, 5) is 20.2. The van der Waals surface area contributed by atoms with Crippen molar-refractivity contribution in [2.75, 3.05) is 10.6 Å². The summed E-state index contributed by atoms with van der Waals surface area (Å²) < 4.78 is 0. The minimum Gasteiger partial charge on any atom is -0.380 e. The lowest BCUT2D eigenvalue weighted by atomic mass is 9.96. The lowest BCUT2D eigenvalue weighted by Crippen LogP contribution is -2.27. The number of hydrogen-bond donors (Lipinski definition) is 2. The van der Waals surface area contributed by atoms with Crippen molar-refractivity contribution in [2.24, 2.45) is 5.41 Å². The zero-order valence-corrected chi connectivity index (χ0v) is 12.6. The maximum Gasteiger partial charge on any atom is 0.230 e. The van der Waals surface area contributed by atoms with Crippen molar-refractivity contribution in [2.45, 2.75) is 27.3 Å². The molecular weight excluding hydrogens is 264 g/mol. The van der Waals surface area contributed by atoms with E-state index in [4.69, 9.17) is 0 Å². The molecule has 2 N–H and O–H groups in total. The van der Waals surface area contributed by atoms with Crippen molar-refractivity contribution in [3.05, 3.63) is 48.4 Å². The fraction of sp³-hybridized carbons (Fsp3) is 0.312. The second-order valence-corrected chi connectivity index (χ2v) is 5.85. The van der Waals surface area contributed by atoms with Gasteiger partial charge in [0.2, 0.25) is 5.91 Å². The third-order valence-corrected chi connectivity index (χ3v) is 2.91. The van der Waals surface area contributed by atoms with Crippen LogP contribution < -0.4 is 10.6 Å². The number of nitrogens with zero attached hydrogens (tertiary/aromatic N) is 2. The molecule has 0 aliphatic carbocycles. The quantitative estimate of drug-likeness (QED) is 0.905. The second kappa shape index (κ2) is 6.35. The third kappa shape index (κ3) is 4.56. The molecule has 0 aliphatic heterocycles. The van der Waals surface area contributed by atoms with Crippen LogP contribution >= 0.6 is 0 Å². The van der Waals surface area contributed by atoms with Gasteiger partial charge in [-0.05, 0) is 23.8 Å². The van der Waals surface area contributed by atoms with Crippen LogP contribution in [0.5, 0.6) is 0 Å². The van der Waals surface area contributed by atoms with Crippen LogP contribution in [0.1, 0.15) is 26.3 Å². The predicted molar refractivity (Wildman–Crippen MR) is 83.9 cm³/mol. The number of pyridine rings is 2. The fourth-order valence-electron chi connectivity index (χ4n) is 1.58. The highest BCUT2D eigenvalue weighted by molar-refractivity contribution is 5.93. The molecule has 2 heterocycles. The largest absolute Gasteiger partial charge is 0.380 e. The minimum atomic E-state index is -0.432. The smallest absolute Gasteiger partial charge is 0.230 e. The molecule has 2 rings (SSSR count). The number of carbonyl (C=O) groups is 1. The first-order valence-corrected chi connectivity index (χ1v) is 6.85. The van der Waals surface area contributed by atoms with Gasteiger partial charge in [0, 0.05) is 24.4 Å². The molecule has 0 radical (unpaired) electrons. The van der Waals surface area contributed by atoms with E-state index < -0.39 is 5.41 Å². The fourth-order valence-corrected chi connectivity index (χ4v) is 1.58. The van der Waals surface area contributed by atoms with Crippen molar-refractivity contribution >= 4 is 17.4 Å². The first-order valence-electron chi connectivity index (χ1n) is 6.85. The van der Waals surface area contributed by atoms with E-state index in [0.29, 0.717) is 12.4 Å². The van der Waals surface area contributed by atoms with E-state index in [1.54, 1.807) is 18.5 Å². The van der Waals surface area contributed by atoms with E-state index in [9.17, 15) is 4.79 Å². The minimum absolute atomic E-state index is 0.0499. The van der Waals surface area contributed by atoms with Gasteiger partial charge in [0.25, 0.3) is 0 Å². The summed E-state index contributed by atoms with van der Waals surface area (Å²) in [6.07, 6.45) is 5.27.